The second kappa shape index (κ2) is 10.4. The summed E-state index contributed by atoms with van der Waals surface area (Å²) in [6.07, 6.45) is 6.70. The van der Waals surface area contributed by atoms with E-state index in [2.05, 4.69) is 48.6 Å². The number of nitrogens with one attached hydrogen (secondary N) is 1. The Hall–Kier alpha value is -1.71. The largest absolute Gasteiger partial charge is 0.493 e. The lowest BCUT2D eigenvalue weighted by Gasteiger charge is -2.23. The van der Waals surface area contributed by atoms with Gasteiger partial charge in [0.1, 0.15) is 6.61 Å². The molecule has 1 aliphatic carbocycles. The van der Waals surface area contributed by atoms with Crippen LogP contribution < -0.4 is 14.8 Å². The van der Waals surface area contributed by atoms with Crippen molar-refractivity contribution in [2.24, 2.45) is 0 Å². The molecule has 0 aliphatic heterocycles. The van der Waals surface area contributed by atoms with Crippen LogP contribution in [0.1, 0.15) is 48.8 Å². The average Bonchev–Trinajstić information content (AvgIpc) is 2.67. The first-order valence-corrected chi connectivity index (χ1v) is 9.33. The van der Waals surface area contributed by atoms with Gasteiger partial charge in [0.25, 0.3) is 0 Å². The summed E-state index contributed by atoms with van der Waals surface area (Å²) in [5.74, 6) is 1.60. The van der Waals surface area contributed by atoms with Crippen molar-refractivity contribution in [1.29, 1.82) is 0 Å². The van der Waals surface area contributed by atoms with Crippen molar-refractivity contribution >= 4 is 12.4 Å². The van der Waals surface area contributed by atoms with Crippen LogP contribution in [-0.4, -0.2) is 13.2 Å². The van der Waals surface area contributed by atoms with Crippen LogP contribution in [0, 0.1) is 6.92 Å². The molecule has 0 bridgehead atoms. The fourth-order valence-corrected chi connectivity index (χ4v) is 3.36. The predicted molar refractivity (Wildman–Crippen MR) is 109 cm³/mol. The molecule has 0 aromatic heterocycles. The maximum absolute atomic E-state index is 5.96. The van der Waals surface area contributed by atoms with Crippen molar-refractivity contribution < 1.29 is 9.47 Å². The lowest BCUT2D eigenvalue weighted by atomic mass is 9.95. The first-order chi connectivity index (χ1) is 12.2. The highest BCUT2D eigenvalue weighted by atomic mass is 35.5. The minimum Gasteiger partial charge on any atom is -0.493 e. The van der Waals surface area contributed by atoms with Crippen LogP contribution in [0.15, 0.2) is 42.5 Å². The Labute approximate surface area is 163 Å². The second-order valence-electron chi connectivity index (χ2n) is 6.98. The number of hydrogen-bond donors (Lipinski definition) is 1. The van der Waals surface area contributed by atoms with E-state index in [4.69, 9.17) is 9.47 Å². The minimum absolute atomic E-state index is 0. The smallest absolute Gasteiger partial charge is 0.161 e. The summed E-state index contributed by atoms with van der Waals surface area (Å²) in [6, 6.07) is 15.3. The summed E-state index contributed by atoms with van der Waals surface area (Å²) in [7, 11) is 1.70. The molecular weight excluding hydrogens is 346 g/mol. The van der Waals surface area contributed by atoms with Crippen LogP contribution in [0.4, 0.5) is 0 Å². The molecule has 142 valence electrons. The zero-order valence-corrected chi connectivity index (χ0v) is 16.6. The molecule has 1 saturated carbocycles. The van der Waals surface area contributed by atoms with Gasteiger partial charge in [-0.15, -0.1) is 12.4 Å². The van der Waals surface area contributed by atoms with Crippen LogP contribution in [0.5, 0.6) is 11.5 Å². The van der Waals surface area contributed by atoms with Gasteiger partial charge in [0.15, 0.2) is 11.5 Å². The topological polar surface area (TPSA) is 30.5 Å². The predicted octanol–water partition coefficient (Wildman–Crippen LogP) is 5.43. The van der Waals surface area contributed by atoms with E-state index in [1.54, 1.807) is 7.11 Å². The molecule has 0 amide bonds. The standard InChI is InChI=1S/C22H29NO2.ClH/c1-17-8-10-18(11-9-17)16-25-21-13-12-19(14-22(21)24-2)15-23-20-6-4-3-5-7-20;/h8-14,20,23H,3-7,15-16H2,1-2H3;1H. The molecule has 4 heteroatoms. The molecular formula is C22H30ClNO2. The maximum atomic E-state index is 5.96. The van der Waals surface area contributed by atoms with Crippen molar-refractivity contribution in [2.45, 2.75) is 58.2 Å². The third kappa shape index (κ3) is 5.93. The highest BCUT2D eigenvalue weighted by Gasteiger charge is 2.13. The molecule has 0 unspecified atom stereocenters. The molecule has 0 atom stereocenters. The zero-order chi connectivity index (χ0) is 17.5. The van der Waals surface area contributed by atoms with E-state index in [9.17, 15) is 0 Å². The van der Waals surface area contributed by atoms with Gasteiger partial charge in [0, 0.05) is 12.6 Å². The summed E-state index contributed by atoms with van der Waals surface area (Å²) in [6.45, 7) is 3.53. The molecule has 26 heavy (non-hydrogen) atoms. The zero-order valence-electron chi connectivity index (χ0n) is 15.8. The van der Waals surface area contributed by atoms with E-state index >= 15 is 0 Å². The Kier molecular flexibility index (Phi) is 8.27. The second-order valence-corrected chi connectivity index (χ2v) is 6.98. The molecule has 0 spiro atoms. The van der Waals surface area contributed by atoms with Crippen LogP contribution >= 0.6 is 12.4 Å². The molecule has 2 aromatic carbocycles. The Morgan fingerprint density at radius 1 is 0.923 bits per heavy atom. The fourth-order valence-electron chi connectivity index (χ4n) is 3.36. The van der Waals surface area contributed by atoms with Gasteiger partial charge in [-0.05, 0) is 43.0 Å². The van der Waals surface area contributed by atoms with Crippen LogP contribution in [0.25, 0.3) is 0 Å². The number of aryl methyl sites for hydroxylation is 1. The molecule has 3 rings (SSSR count). The summed E-state index contributed by atoms with van der Waals surface area (Å²) < 4.78 is 11.5. The van der Waals surface area contributed by atoms with Gasteiger partial charge in [0.2, 0.25) is 0 Å². The van der Waals surface area contributed by atoms with Gasteiger partial charge in [-0.25, -0.2) is 0 Å². The fraction of sp³-hybridized carbons (Fsp3) is 0.455. The molecule has 0 heterocycles. The van der Waals surface area contributed by atoms with Crippen LogP contribution in [0.3, 0.4) is 0 Å². The molecule has 1 aliphatic rings. The number of methoxy groups -OCH3 is 1. The van der Waals surface area contributed by atoms with Crippen molar-refractivity contribution in [3.8, 4) is 11.5 Å². The van der Waals surface area contributed by atoms with Gasteiger partial charge < -0.3 is 14.8 Å². The molecule has 0 radical (unpaired) electrons. The Bertz CT molecular complexity index is 666. The number of rotatable bonds is 7. The van der Waals surface area contributed by atoms with E-state index in [-0.39, 0.29) is 12.4 Å². The number of ether oxygens (including phenoxy) is 2. The molecule has 1 N–H and O–H groups in total. The molecule has 0 saturated heterocycles. The van der Waals surface area contributed by atoms with E-state index < -0.39 is 0 Å². The van der Waals surface area contributed by atoms with Gasteiger partial charge in [-0.3, -0.25) is 0 Å². The van der Waals surface area contributed by atoms with Crippen molar-refractivity contribution in [3.05, 3.63) is 59.2 Å². The Morgan fingerprint density at radius 3 is 2.31 bits per heavy atom. The van der Waals surface area contributed by atoms with E-state index in [1.165, 1.54) is 43.2 Å². The quantitative estimate of drug-likeness (QED) is 0.700. The Balaban J connectivity index is 0.00000243. The van der Waals surface area contributed by atoms with Crippen molar-refractivity contribution in [1.82, 2.24) is 5.32 Å². The summed E-state index contributed by atoms with van der Waals surface area (Å²) in [4.78, 5) is 0. The van der Waals surface area contributed by atoms with Gasteiger partial charge in [0.05, 0.1) is 7.11 Å². The molecule has 3 nitrogen and oxygen atoms in total. The first kappa shape index (κ1) is 20.6. The maximum Gasteiger partial charge on any atom is 0.161 e. The van der Waals surface area contributed by atoms with Crippen LogP contribution in [-0.2, 0) is 13.2 Å². The molecule has 1 fully saturated rings. The van der Waals surface area contributed by atoms with E-state index in [1.807, 2.05) is 6.07 Å². The van der Waals surface area contributed by atoms with E-state index in [0.717, 1.165) is 23.6 Å². The number of benzene rings is 2. The number of hydrogen-bond acceptors (Lipinski definition) is 3. The van der Waals surface area contributed by atoms with E-state index in [0.29, 0.717) is 12.6 Å². The van der Waals surface area contributed by atoms with Crippen molar-refractivity contribution in [2.75, 3.05) is 7.11 Å². The van der Waals surface area contributed by atoms with Gasteiger partial charge in [-0.2, -0.15) is 0 Å². The monoisotopic (exact) mass is 375 g/mol. The van der Waals surface area contributed by atoms with Gasteiger partial charge >= 0.3 is 0 Å². The normalized spacial score (nSPS) is 14.5. The highest BCUT2D eigenvalue weighted by Crippen LogP contribution is 2.29. The van der Waals surface area contributed by atoms with Crippen molar-refractivity contribution in [3.63, 3.8) is 0 Å². The third-order valence-corrected chi connectivity index (χ3v) is 4.94. The summed E-state index contributed by atoms with van der Waals surface area (Å²) >= 11 is 0. The lowest BCUT2D eigenvalue weighted by molar-refractivity contribution is 0.284. The minimum atomic E-state index is 0. The van der Waals surface area contributed by atoms with Gasteiger partial charge in [-0.1, -0.05) is 55.2 Å². The average molecular weight is 376 g/mol. The van der Waals surface area contributed by atoms with Crippen LogP contribution in [0.2, 0.25) is 0 Å². The third-order valence-electron chi connectivity index (χ3n) is 4.94. The SMILES string of the molecule is COc1cc(CNC2CCCCC2)ccc1OCc1ccc(C)cc1.Cl. The lowest BCUT2D eigenvalue weighted by Crippen LogP contribution is -2.30. The highest BCUT2D eigenvalue weighted by molar-refractivity contribution is 5.85. The Morgan fingerprint density at radius 2 is 1.62 bits per heavy atom. The number of halogens is 1. The molecule has 2 aromatic rings. The summed E-state index contributed by atoms with van der Waals surface area (Å²) in [5.41, 5.74) is 3.66. The first-order valence-electron chi connectivity index (χ1n) is 9.33. The summed E-state index contributed by atoms with van der Waals surface area (Å²) in [5, 5.41) is 3.68.